The maximum Gasteiger partial charge on any atom is 0.343 e. The quantitative estimate of drug-likeness (QED) is 0.0859. The maximum atomic E-state index is 13.2. The number of esters is 1. The van der Waals surface area contributed by atoms with E-state index in [0.717, 1.165) is 10.7 Å². The van der Waals surface area contributed by atoms with Crippen molar-refractivity contribution in [2.75, 3.05) is 18.8 Å². The molecule has 0 aliphatic rings. The third-order valence-electron chi connectivity index (χ3n) is 5.75. The number of nitrogens with one attached hydrogen (secondary N) is 1. The number of nitrogens with zero attached hydrogens (tertiary/aromatic N) is 8. The highest BCUT2D eigenvalue weighted by molar-refractivity contribution is 6.32. The van der Waals surface area contributed by atoms with Gasteiger partial charge >= 0.3 is 5.97 Å². The minimum absolute atomic E-state index is 0.00189. The number of hydrogen-bond acceptors (Lipinski definition) is 13. The monoisotopic (exact) mass is 582 g/mol. The molecule has 0 unspecified atom stereocenters. The second kappa shape index (κ2) is 12.8. The van der Waals surface area contributed by atoms with Crippen molar-refractivity contribution in [2.24, 2.45) is 5.10 Å². The van der Waals surface area contributed by atoms with Crippen LogP contribution in [-0.4, -0.2) is 66.3 Å². The van der Waals surface area contributed by atoms with Gasteiger partial charge in [0.2, 0.25) is 11.6 Å². The summed E-state index contributed by atoms with van der Waals surface area (Å²) in [4.78, 5) is 38.2. The molecule has 0 fully saturated rings. The minimum atomic E-state index is -0.824. The third-order valence-corrected chi connectivity index (χ3v) is 6.07. The number of nitrogens with two attached hydrogens (primary N) is 1. The number of halogens is 1. The molecule has 212 valence electrons. The lowest BCUT2D eigenvalue weighted by molar-refractivity contribution is -0.384. The summed E-state index contributed by atoms with van der Waals surface area (Å²) in [6, 6.07) is 9.83. The first-order valence-corrected chi connectivity index (χ1v) is 12.4. The van der Waals surface area contributed by atoms with Crippen molar-refractivity contribution in [1.82, 2.24) is 35.6 Å². The number of hydrazone groups is 1. The zero-order valence-electron chi connectivity index (χ0n) is 21.7. The van der Waals surface area contributed by atoms with E-state index in [9.17, 15) is 19.7 Å². The number of rotatable bonds is 11. The average Bonchev–Trinajstić information content (AvgIpc) is 3.57. The standard InChI is InChI=1S/C24H23ClN10O6/c1-3-33(4-2)13-18-20(34(32-28-18)22-21(26)30-41-31-22)23(36)29-27-12-14-6-5-7-16(10-14)40-24(37)15-8-9-17(25)19(11-15)35(38)39/h5-12H,3-4,13H2,1-2H3,(H2,26,30)(H,29,36)/b27-12+. The van der Waals surface area contributed by atoms with Crippen molar-refractivity contribution in [3.05, 3.63) is 80.1 Å². The van der Waals surface area contributed by atoms with E-state index in [4.69, 9.17) is 22.1 Å². The predicted octanol–water partition coefficient (Wildman–Crippen LogP) is 2.62. The number of benzene rings is 2. The number of aromatic nitrogens is 5. The SMILES string of the molecule is CCN(CC)Cc1nnn(-c2nonc2N)c1C(=O)N/N=C/c1cccc(OC(=O)c2ccc(Cl)c([N+](=O)[O-])c2)c1. The molecule has 16 nitrogen and oxygen atoms in total. The van der Waals surface area contributed by atoms with E-state index in [1.165, 1.54) is 30.5 Å². The van der Waals surface area contributed by atoms with Crippen molar-refractivity contribution in [3.63, 3.8) is 0 Å². The molecule has 2 aromatic carbocycles. The van der Waals surface area contributed by atoms with Gasteiger partial charge < -0.3 is 10.5 Å². The molecular weight excluding hydrogens is 560 g/mol. The Morgan fingerprint density at radius 1 is 1.24 bits per heavy atom. The molecule has 0 radical (unpaired) electrons. The summed E-state index contributed by atoms with van der Waals surface area (Å²) in [7, 11) is 0. The zero-order valence-corrected chi connectivity index (χ0v) is 22.5. The Morgan fingerprint density at radius 3 is 2.71 bits per heavy atom. The molecule has 0 saturated heterocycles. The summed E-state index contributed by atoms with van der Waals surface area (Å²) < 4.78 is 11.1. The first-order chi connectivity index (χ1) is 19.7. The largest absolute Gasteiger partial charge is 0.423 e. The Balaban J connectivity index is 1.50. The van der Waals surface area contributed by atoms with Gasteiger partial charge in [-0.2, -0.15) is 9.78 Å². The molecule has 0 aliphatic carbocycles. The smallest absolute Gasteiger partial charge is 0.343 e. The van der Waals surface area contributed by atoms with Crippen molar-refractivity contribution in [3.8, 4) is 11.6 Å². The Kier molecular flexibility index (Phi) is 8.95. The summed E-state index contributed by atoms with van der Waals surface area (Å²) in [6.45, 7) is 5.71. The fourth-order valence-electron chi connectivity index (χ4n) is 3.61. The molecular formula is C24H23ClN10O6. The van der Waals surface area contributed by atoms with Crippen molar-refractivity contribution >= 4 is 41.2 Å². The summed E-state index contributed by atoms with van der Waals surface area (Å²) in [6.07, 6.45) is 1.33. The number of nitrogen functional groups attached to an aromatic ring is 1. The molecule has 4 rings (SSSR count). The van der Waals surface area contributed by atoms with Crippen LogP contribution in [0.3, 0.4) is 0 Å². The minimum Gasteiger partial charge on any atom is -0.423 e. The van der Waals surface area contributed by atoms with Crippen LogP contribution in [0.25, 0.3) is 5.82 Å². The van der Waals surface area contributed by atoms with Gasteiger partial charge in [0.25, 0.3) is 11.6 Å². The van der Waals surface area contributed by atoms with Crippen molar-refractivity contribution in [2.45, 2.75) is 20.4 Å². The van der Waals surface area contributed by atoms with Crippen LogP contribution in [0.4, 0.5) is 11.5 Å². The zero-order chi connectivity index (χ0) is 29.5. The summed E-state index contributed by atoms with van der Waals surface area (Å²) >= 11 is 5.80. The number of carbonyl (C=O) groups is 2. The van der Waals surface area contributed by atoms with Gasteiger partial charge in [-0.15, -0.1) is 5.10 Å². The molecule has 1 amide bonds. The third kappa shape index (κ3) is 6.68. The highest BCUT2D eigenvalue weighted by atomic mass is 35.5. The number of hydrogen-bond donors (Lipinski definition) is 2. The van der Waals surface area contributed by atoms with Gasteiger partial charge in [-0.05, 0) is 53.2 Å². The highest BCUT2D eigenvalue weighted by Gasteiger charge is 2.26. The van der Waals surface area contributed by atoms with Gasteiger partial charge in [-0.3, -0.25) is 19.8 Å². The Bertz CT molecular complexity index is 1610. The molecule has 4 aromatic rings. The number of carbonyl (C=O) groups excluding carboxylic acids is 2. The van der Waals surface area contributed by atoms with E-state index in [2.05, 4.69) is 35.8 Å². The number of nitro groups is 1. The van der Waals surface area contributed by atoms with E-state index >= 15 is 0 Å². The molecule has 41 heavy (non-hydrogen) atoms. The normalized spacial score (nSPS) is 11.2. The topological polar surface area (TPSA) is 210 Å². The molecule has 0 aliphatic heterocycles. The molecule has 0 bridgehead atoms. The molecule has 3 N–H and O–H groups in total. The Morgan fingerprint density at radius 2 is 2.02 bits per heavy atom. The van der Waals surface area contributed by atoms with Crippen LogP contribution in [0.5, 0.6) is 5.75 Å². The average molecular weight is 583 g/mol. The van der Waals surface area contributed by atoms with E-state index in [1.807, 2.05) is 18.7 Å². The number of ether oxygens (including phenoxy) is 1. The maximum absolute atomic E-state index is 13.2. The van der Waals surface area contributed by atoms with Crippen LogP contribution in [-0.2, 0) is 6.54 Å². The fraction of sp³-hybridized carbons (Fsp3) is 0.208. The van der Waals surface area contributed by atoms with E-state index in [-0.39, 0.29) is 33.7 Å². The molecule has 0 spiro atoms. The van der Waals surface area contributed by atoms with Gasteiger partial charge in [0, 0.05) is 12.6 Å². The Hall–Kier alpha value is -5.22. The van der Waals surface area contributed by atoms with Crippen molar-refractivity contribution < 1.29 is 23.9 Å². The van der Waals surface area contributed by atoms with Crippen LogP contribution in [0.1, 0.15) is 46.0 Å². The Labute approximate surface area is 236 Å². The summed E-state index contributed by atoms with van der Waals surface area (Å²) in [5.74, 6) is -1.42. The lowest BCUT2D eigenvalue weighted by Crippen LogP contribution is -2.27. The van der Waals surface area contributed by atoms with Crippen LogP contribution < -0.4 is 15.9 Å². The first-order valence-electron chi connectivity index (χ1n) is 12.1. The lowest BCUT2D eigenvalue weighted by Gasteiger charge is -2.16. The first kappa shape index (κ1) is 28.8. The van der Waals surface area contributed by atoms with E-state index < -0.39 is 22.5 Å². The second-order valence-corrected chi connectivity index (χ2v) is 8.72. The van der Waals surface area contributed by atoms with Gasteiger partial charge in [0.1, 0.15) is 16.5 Å². The van der Waals surface area contributed by atoms with Gasteiger partial charge in [0.05, 0.1) is 16.7 Å². The van der Waals surface area contributed by atoms with Crippen LogP contribution in [0.2, 0.25) is 5.02 Å². The summed E-state index contributed by atoms with van der Waals surface area (Å²) in [5.41, 5.74) is 8.61. The fourth-order valence-corrected chi connectivity index (χ4v) is 3.80. The number of anilines is 1. The predicted molar refractivity (Wildman–Crippen MR) is 145 cm³/mol. The summed E-state index contributed by atoms with van der Waals surface area (Å²) in [5, 5.41) is 30.3. The molecule has 0 saturated carbocycles. The van der Waals surface area contributed by atoms with Crippen LogP contribution >= 0.6 is 11.6 Å². The van der Waals surface area contributed by atoms with Gasteiger partial charge in [0.15, 0.2) is 5.69 Å². The molecule has 17 heteroatoms. The van der Waals surface area contributed by atoms with Crippen LogP contribution in [0, 0.1) is 10.1 Å². The van der Waals surface area contributed by atoms with Gasteiger partial charge in [-0.25, -0.2) is 14.8 Å². The van der Waals surface area contributed by atoms with Crippen LogP contribution in [0.15, 0.2) is 52.2 Å². The molecule has 2 heterocycles. The lowest BCUT2D eigenvalue weighted by atomic mass is 10.2. The number of amides is 1. The second-order valence-electron chi connectivity index (χ2n) is 8.32. The number of nitro benzene ring substituents is 1. The molecule has 2 aromatic heterocycles. The van der Waals surface area contributed by atoms with E-state index in [0.29, 0.717) is 30.9 Å². The highest BCUT2D eigenvalue weighted by Crippen LogP contribution is 2.26. The van der Waals surface area contributed by atoms with Crippen molar-refractivity contribution in [1.29, 1.82) is 0 Å². The molecule has 0 atom stereocenters. The van der Waals surface area contributed by atoms with Gasteiger partial charge in [-0.1, -0.05) is 42.8 Å². The van der Waals surface area contributed by atoms with E-state index in [1.54, 1.807) is 12.1 Å².